The first-order valence-electron chi connectivity index (χ1n) is 3.69. The molecule has 0 saturated carbocycles. The normalized spacial score (nSPS) is 12.0. The standard InChI is InChI=1S/C5H17O2Si3/c1-8(2)6-10(5)7-9(3)4/h8-9H,1-5H3. The molecule has 0 spiro atoms. The maximum Gasteiger partial charge on any atom is 0.358 e. The molecule has 10 heavy (non-hydrogen) atoms. The molecule has 61 valence electrons. The van der Waals surface area contributed by atoms with E-state index >= 15 is 0 Å². The summed E-state index contributed by atoms with van der Waals surface area (Å²) >= 11 is 0. The first-order chi connectivity index (χ1) is 4.52. The molecule has 1 radical (unpaired) electrons. The van der Waals surface area contributed by atoms with E-state index in [0.29, 0.717) is 0 Å². The van der Waals surface area contributed by atoms with Crippen LogP contribution < -0.4 is 0 Å². The van der Waals surface area contributed by atoms with Crippen LogP contribution in [-0.4, -0.2) is 27.4 Å². The van der Waals surface area contributed by atoms with Crippen LogP contribution in [0, 0.1) is 0 Å². The van der Waals surface area contributed by atoms with Gasteiger partial charge in [0.2, 0.25) is 0 Å². The predicted octanol–water partition coefficient (Wildman–Crippen LogP) is 1.10. The Hall–Kier alpha value is 0.571. The first kappa shape index (κ1) is 10.6. The zero-order chi connectivity index (χ0) is 8.15. The molecule has 0 aliphatic rings. The van der Waals surface area contributed by atoms with Gasteiger partial charge in [0, 0.05) is 0 Å². The fraction of sp³-hybridized carbons (Fsp3) is 1.00. The van der Waals surface area contributed by atoms with Crippen LogP contribution in [0.25, 0.3) is 0 Å². The fourth-order valence-electron chi connectivity index (χ4n) is 0.692. The molecule has 0 aliphatic carbocycles. The monoisotopic (exact) mass is 193 g/mol. The molecule has 0 amide bonds. The molecule has 0 fully saturated rings. The van der Waals surface area contributed by atoms with E-state index in [1.807, 2.05) is 0 Å². The second-order valence-electron chi connectivity index (χ2n) is 2.82. The SMILES string of the molecule is C[Si](O[SiH](C)C)O[SiH](C)C. The second kappa shape index (κ2) is 5.25. The van der Waals surface area contributed by atoms with E-state index < -0.39 is 27.4 Å². The van der Waals surface area contributed by atoms with Gasteiger partial charge < -0.3 is 8.23 Å². The molecule has 0 aromatic rings. The van der Waals surface area contributed by atoms with Crippen molar-refractivity contribution in [1.29, 1.82) is 0 Å². The Bertz CT molecular complexity index is 77.0. The highest BCUT2D eigenvalue weighted by Crippen LogP contribution is 1.95. The van der Waals surface area contributed by atoms with Crippen molar-refractivity contribution < 1.29 is 8.23 Å². The van der Waals surface area contributed by atoms with Gasteiger partial charge in [0.1, 0.15) is 0 Å². The molecule has 0 saturated heterocycles. The van der Waals surface area contributed by atoms with Crippen LogP contribution >= 0.6 is 0 Å². The molecule has 0 rings (SSSR count). The summed E-state index contributed by atoms with van der Waals surface area (Å²) in [6.45, 7) is 10.8. The zero-order valence-corrected chi connectivity index (χ0v) is 10.8. The first-order valence-corrected chi connectivity index (χ1v) is 11.1. The van der Waals surface area contributed by atoms with Crippen LogP contribution in [0.4, 0.5) is 0 Å². The van der Waals surface area contributed by atoms with Gasteiger partial charge >= 0.3 is 9.28 Å². The van der Waals surface area contributed by atoms with Gasteiger partial charge in [-0.15, -0.1) is 0 Å². The maximum atomic E-state index is 5.61. The van der Waals surface area contributed by atoms with Gasteiger partial charge in [0.05, 0.1) is 0 Å². The Labute approximate surface area is 68.9 Å². The maximum absolute atomic E-state index is 5.61. The van der Waals surface area contributed by atoms with E-state index in [2.05, 4.69) is 32.7 Å². The van der Waals surface area contributed by atoms with Crippen LogP contribution in [-0.2, 0) is 8.23 Å². The highest BCUT2D eigenvalue weighted by atomic mass is 28.4. The summed E-state index contributed by atoms with van der Waals surface area (Å²) in [4.78, 5) is 0. The second-order valence-corrected chi connectivity index (χ2v) is 9.89. The van der Waals surface area contributed by atoms with E-state index in [4.69, 9.17) is 8.23 Å². The van der Waals surface area contributed by atoms with Gasteiger partial charge in [0.15, 0.2) is 18.1 Å². The van der Waals surface area contributed by atoms with Crippen molar-refractivity contribution in [3.05, 3.63) is 0 Å². The van der Waals surface area contributed by atoms with Gasteiger partial charge in [-0.05, 0) is 32.7 Å². The number of rotatable bonds is 4. The smallest absolute Gasteiger partial charge is 0.358 e. The molecule has 0 bridgehead atoms. The van der Waals surface area contributed by atoms with Crippen molar-refractivity contribution in [1.82, 2.24) is 0 Å². The summed E-state index contributed by atoms with van der Waals surface area (Å²) in [5.41, 5.74) is 0. The van der Waals surface area contributed by atoms with E-state index in [1.54, 1.807) is 0 Å². The third-order valence-corrected chi connectivity index (χ3v) is 7.23. The van der Waals surface area contributed by atoms with Crippen LogP contribution in [0.15, 0.2) is 0 Å². The Kier molecular flexibility index (Phi) is 5.55. The van der Waals surface area contributed by atoms with Crippen molar-refractivity contribution in [3.63, 3.8) is 0 Å². The Morgan fingerprint density at radius 1 is 0.900 bits per heavy atom. The van der Waals surface area contributed by atoms with Gasteiger partial charge in [-0.1, -0.05) is 0 Å². The van der Waals surface area contributed by atoms with Crippen LogP contribution in [0.3, 0.4) is 0 Å². The molecule has 0 N–H and O–H groups in total. The average Bonchev–Trinajstić information content (AvgIpc) is 1.58. The summed E-state index contributed by atoms with van der Waals surface area (Å²) in [5, 5.41) is 0. The minimum absolute atomic E-state index is 0.845. The van der Waals surface area contributed by atoms with Crippen molar-refractivity contribution in [2.75, 3.05) is 0 Å². The highest BCUT2D eigenvalue weighted by Gasteiger charge is 2.11. The Morgan fingerprint density at radius 3 is 1.40 bits per heavy atom. The lowest BCUT2D eigenvalue weighted by Crippen LogP contribution is -2.29. The lowest BCUT2D eigenvalue weighted by Gasteiger charge is -2.15. The zero-order valence-electron chi connectivity index (χ0n) is 7.47. The average molecular weight is 193 g/mol. The topological polar surface area (TPSA) is 18.5 Å². The molecule has 0 heterocycles. The van der Waals surface area contributed by atoms with E-state index in [-0.39, 0.29) is 0 Å². The van der Waals surface area contributed by atoms with Gasteiger partial charge in [-0.3, -0.25) is 0 Å². The molecular weight excluding hydrogens is 176 g/mol. The van der Waals surface area contributed by atoms with Crippen molar-refractivity contribution in [3.8, 4) is 0 Å². The van der Waals surface area contributed by atoms with Gasteiger partial charge in [-0.25, -0.2) is 0 Å². The van der Waals surface area contributed by atoms with Gasteiger partial charge in [0.25, 0.3) is 0 Å². The summed E-state index contributed by atoms with van der Waals surface area (Å²) < 4.78 is 11.2. The summed E-state index contributed by atoms with van der Waals surface area (Å²) in [6.07, 6.45) is 0. The lowest BCUT2D eigenvalue weighted by atomic mass is 11.9. The van der Waals surface area contributed by atoms with E-state index in [9.17, 15) is 0 Å². The molecule has 0 aromatic heterocycles. The predicted molar refractivity (Wildman–Crippen MR) is 51.5 cm³/mol. The van der Waals surface area contributed by atoms with Crippen LogP contribution in [0.1, 0.15) is 0 Å². The van der Waals surface area contributed by atoms with E-state index in [0.717, 1.165) is 0 Å². The number of hydrogen-bond acceptors (Lipinski definition) is 2. The highest BCUT2D eigenvalue weighted by molar-refractivity contribution is 6.66. The number of hydrogen-bond donors (Lipinski definition) is 0. The summed E-state index contributed by atoms with van der Waals surface area (Å²) in [7, 11) is -2.55. The Balaban J connectivity index is 3.34. The fourth-order valence-corrected chi connectivity index (χ4v) is 6.72. The molecule has 0 atom stereocenters. The van der Waals surface area contributed by atoms with Crippen LogP contribution in [0.2, 0.25) is 32.7 Å². The largest absolute Gasteiger partial charge is 0.439 e. The molecule has 2 nitrogen and oxygen atoms in total. The summed E-state index contributed by atoms with van der Waals surface area (Å²) in [6, 6.07) is 0. The minimum atomic E-state index is -0.865. The molecule has 5 heteroatoms. The van der Waals surface area contributed by atoms with Crippen molar-refractivity contribution in [2.45, 2.75) is 32.7 Å². The van der Waals surface area contributed by atoms with Crippen molar-refractivity contribution in [2.24, 2.45) is 0 Å². The molecule has 0 aromatic carbocycles. The van der Waals surface area contributed by atoms with Crippen molar-refractivity contribution >= 4 is 27.4 Å². The van der Waals surface area contributed by atoms with Crippen LogP contribution in [0.5, 0.6) is 0 Å². The van der Waals surface area contributed by atoms with Gasteiger partial charge in [-0.2, -0.15) is 0 Å². The third-order valence-electron chi connectivity index (χ3n) is 0.803. The minimum Gasteiger partial charge on any atom is -0.439 e. The quantitative estimate of drug-likeness (QED) is 0.623. The third kappa shape index (κ3) is 6.69. The lowest BCUT2D eigenvalue weighted by molar-refractivity contribution is 0.449. The summed E-state index contributed by atoms with van der Waals surface area (Å²) in [5.74, 6) is 0. The van der Waals surface area contributed by atoms with E-state index in [1.165, 1.54) is 0 Å². The molecular formula is C5H17O2Si3. The molecule has 0 aliphatic heterocycles. The molecule has 0 unspecified atom stereocenters. The Morgan fingerprint density at radius 2 is 1.20 bits per heavy atom.